The molecule has 1 aliphatic rings. The molecule has 2 aromatic rings. The fourth-order valence-corrected chi connectivity index (χ4v) is 4.72. The highest BCUT2D eigenvalue weighted by Crippen LogP contribution is 2.23. The number of nitrogens with zero attached hydrogens (tertiary/aromatic N) is 4. The van der Waals surface area contributed by atoms with E-state index in [2.05, 4.69) is 29.9 Å². The Bertz CT molecular complexity index is 906. The summed E-state index contributed by atoms with van der Waals surface area (Å²) in [4.78, 5) is 25.9. The second-order valence-electron chi connectivity index (χ2n) is 5.97. The predicted octanol–water partition coefficient (Wildman–Crippen LogP) is 1.28. The van der Waals surface area contributed by atoms with E-state index in [4.69, 9.17) is 0 Å². The van der Waals surface area contributed by atoms with Gasteiger partial charge in [-0.3, -0.25) is 4.79 Å². The fraction of sp³-hybridized carbons (Fsp3) is 0.467. The molecule has 2 N–H and O–H groups in total. The number of aromatic nitrogens is 3. The average Bonchev–Trinajstić information content (AvgIpc) is 3.24. The van der Waals surface area contributed by atoms with E-state index in [0.717, 1.165) is 48.8 Å². The van der Waals surface area contributed by atoms with Gasteiger partial charge in [0, 0.05) is 31.8 Å². The van der Waals surface area contributed by atoms with Crippen molar-refractivity contribution in [2.45, 2.75) is 37.4 Å². The number of carbonyl (C=O) groups is 1. The molecule has 0 saturated carbocycles. The molecule has 0 aromatic carbocycles. The van der Waals surface area contributed by atoms with Crippen LogP contribution in [0.5, 0.6) is 0 Å². The molecule has 26 heavy (non-hydrogen) atoms. The lowest BCUT2D eigenvalue weighted by atomic mass is 10.4. The summed E-state index contributed by atoms with van der Waals surface area (Å²) in [5, 5.41) is 2.70. The van der Waals surface area contributed by atoms with Crippen LogP contribution in [0.25, 0.3) is 0 Å². The molecule has 2 aromatic heterocycles. The summed E-state index contributed by atoms with van der Waals surface area (Å²) in [7, 11) is -3.76. The van der Waals surface area contributed by atoms with Gasteiger partial charge in [-0.1, -0.05) is 11.3 Å². The van der Waals surface area contributed by atoms with Crippen LogP contribution < -0.4 is 14.9 Å². The third-order valence-corrected chi connectivity index (χ3v) is 6.54. The van der Waals surface area contributed by atoms with Crippen molar-refractivity contribution >= 4 is 38.2 Å². The number of nitrogens with one attached hydrogen (secondary N) is 2. The molecule has 1 aliphatic heterocycles. The Morgan fingerprint density at radius 3 is 2.73 bits per heavy atom. The minimum Gasteiger partial charge on any atom is -0.357 e. The lowest BCUT2D eigenvalue weighted by Gasteiger charge is -2.17. The maximum atomic E-state index is 12.4. The summed E-state index contributed by atoms with van der Waals surface area (Å²) in [5.41, 5.74) is 0.793. The third kappa shape index (κ3) is 4.54. The Morgan fingerprint density at radius 2 is 2.04 bits per heavy atom. The first-order chi connectivity index (χ1) is 12.3. The molecule has 0 bridgehead atoms. The zero-order valence-corrected chi connectivity index (χ0v) is 16.2. The molecule has 1 fully saturated rings. The molecular formula is C15H20N6O3S2. The van der Waals surface area contributed by atoms with E-state index in [1.54, 1.807) is 0 Å². The van der Waals surface area contributed by atoms with Crippen LogP contribution in [-0.2, 0) is 21.4 Å². The van der Waals surface area contributed by atoms with Crippen LogP contribution in [0.3, 0.4) is 0 Å². The number of thiazole rings is 1. The zero-order valence-electron chi connectivity index (χ0n) is 14.5. The van der Waals surface area contributed by atoms with Gasteiger partial charge in [0.25, 0.3) is 10.0 Å². The summed E-state index contributed by atoms with van der Waals surface area (Å²) in [6.45, 7) is 5.09. The first-order valence-corrected chi connectivity index (χ1v) is 10.5. The van der Waals surface area contributed by atoms with Crippen molar-refractivity contribution in [3.05, 3.63) is 23.8 Å². The van der Waals surface area contributed by atoms with Gasteiger partial charge >= 0.3 is 0 Å². The van der Waals surface area contributed by atoms with E-state index in [1.807, 2.05) is 13.0 Å². The van der Waals surface area contributed by atoms with Crippen molar-refractivity contribution < 1.29 is 13.2 Å². The van der Waals surface area contributed by atoms with Gasteiger partial charge < -0.3 is 10.2 Å². The maximum absolute atomic E-state index is 12.4. The summed E-state index contributed by atoms with van der Waals surface area (Å²) in [6.07, 6.45) is 3.48. The summed E-state index contributed by atoms with van der Waals surface area (Å²) in [6, 6.07) is 1.91. The molecule has 3 rings (SSSR count). The average molecular weight is 396 g/mol. The Balaban J connectivity index is 1.71. The third-order valence-electron chi connectivity index (χ3n) is 3.77. The maximum Gasteiger partial charge on any atom is 0.252 e. The number of hydrogen-bond donors (Lipinski definition) is 2. The van der Waals surface area contributed by atoms with Gasteiger partial charge in [-0.15, -0.1) is 0 Å². The molecule has 0 unspecified atom stereocenters. The Hall–Kier alpha value is -2.11. The highest BCUT2D eigenvalue weighted by Gasteiger charge is 2.20. The Kier molecular flexibility index (Phi) is 5.49. The monoisotopic (exact) mass is 396 g/mol. The van der Waals surface area contributed by atoms with Gasteiger partial charge in [0.1, 0.15) is 11.6 Å². The highest BCUT2D eigenvalue weighted by molar-refractivity contribution is 7.91. The molecule has 1 amide bonds. The largest absolute Gasteiger partial charge is 0.357 e. The minimum atomic E-state index is -3.76. The number of carbonyl (C=O) groups excluding carboxylic acids is 1. The van der Waals surface area contributed by atoms with Crippen LogP contribution in [0.15, 0.2) is 16.5 Å². The molecule has 0 aliphatic carbocycles. The minimum absolute atomic E-state index is 0.0157. The summed E-state index contributed by atoms with van der Waals surface area (Å²) in [5.74, 6) is 0.941. The number of sulfonamides is 1. The lowest BCUT2D eigenvalue weighted by Crippen LogP contribution is -2.25. The van der Waals surface area contributed by atoms with E-state index < -0.39 is 10.0 Å². The van der Waals surface area contributed by atoms with Crippen molar-refractivity contribution in [2.24, 2.45) is 0 Å². The Morgan fingerprint density at radius 1 is 1.31 bits per heavy atom. The predicted molar refractivity (Wildman–Crippen MR) is 98.7 cm³/mol. The molecule has 140 valence electrons. The van der Waals surface area contributed by atoms with Gasteiger partial charge in [0.15, 0.2) is 9.34 Å². The van der Waals surface area contributed by atoms with Gasteiger partial charge in [-0.25, -0.2) is 28.1 Å². The molecule has 0 atom stereocenters. The molecule has 0 spiro atoms. The number of anilines is 2. The molecule has 1 saturated heterocycles. The fourth-order valence-electron chi connectivity index (χ4n) is 2.62. The first-order valence-electron chi connectivity index (χ1n) is 8.16. The summed E-state index contributed by atoms with van der Waals surface area (Å²) >= 11 is 0.887. The van der Waals surface area contributed by atoms with E-state index in [0.29, 0.717) is 5.82 Å². The molecule has 9 nitrogen and oxygen atoms in total. The normalized spacial score (nSPS) is 14.6. The second kappa shape index (κ2) is 7.64. The lowest BCUT2D eigenvalue weighted by molar-refractivity contribution is -0.114. The smallest absolute Gasteiger partial charge is 0.252 e. The van der Waals surface area contributed by atoms with Crippen molar-refractivity contribution in [3.8, 4) is 0 Å². The van der Waals surface area contributed by atoms with Gasteiger partial charge in [-0.05, 0) is 19.8 Å². The summed E-state index contributed by atoms with van der Waals surface area (Å²) < 4.78 is 27.3. The van der Waals surface area contributed by atoms with Crippen LogP contribution in [0.4, 0.5) is 10.9 Å². The van der Waals surface area contributed by atoms with Crippen LogP contribution in [0.2, 0.25) is 0 Å². The van der Waals surface area contributed by atoms with Crippen molar-refractivity contribution in [3.63, 3.8) is 0 Å². The van der Waals surface area contributed by atoms with Crippen molar-refractivity contribution in [1.29, 1.82) is 0 Å². The zero-order chi connectivity index (χ0) is 18.7. The van der Waals surface area contributed by atoms with Gasteiger partial charge in [-0.2, -0.15) is 0 Å². The van der Waals surface area contributed by atoms with E-state index in [1.165, 1.54) is 13.1 Å². The number of amides is 1. The van der Waals surface area contributed by atoms with Gasteiger partial charge in [0.05, 0.1) is 12.7 Å². The van der Waals surface area contributed by atoms with Crippen molar-refractivity contribution in [2.75, 3.05) is 23.3 Å². The topological polar surface area (TPSA) is 117 Å². The van der Waals surface area contributed by atoms with Crippen LogP contribution >= 0.6 is 11.3 Å². The first kappa shape index (κ1) is 18.7. The number of hydrogen-bond acceptors (Lipinski definition) is 8. The molecular weight excluding hydrogens is 376 g/mol. The van der Waals surface area contributed by atoms with E-state index in [-0.39, 0.29) is 21.8 Å². The van der Waals surface area contributed by atoms with Crippen molar-refractivity contribution in [1.82, 2.24) is 19.7 Å². The quantitative estimate of drug-likeness (QED) is 0.755. The molecule has 11 heteroatoms. The highest BCUT2D eigenvalue weighted by atomic mass is 32.2. The molecule has 3 heterocycles. The molecule has 0 radical (unpaired) electrons. The van der Waals surface area contributed by atoms with Gasteiger partial charge in [0.2, 0.25) is 5.91 Å². The van der Waals surface area contributed by atoms with E-state index >= 15 is 0 Å². The van der Waals surface area contributed by atoms with Crippen LogP contribution in [0.1, 0.15) is 31.3 Å². The van der Waals surface area contributed by atoms with Crippen LogP contribution in [0, 0.1) is 6.92 Å². The number of rotatable bonds is 6. The standard InChI is InChI=1S/C15H20N6O3S2/c1-10-7-13(21-5-3-4-6-21)20-12(18-10)8-17-26(23,24)14-9-16-15(25-14)19-11(2)22/h7,9,17H,3-6,8H2,1-2H3,(H,16,19,22). The van der Waals surface area contributed by atoms with Crippen LogP contribution in [-0.4, -0.2) is 42.4 Å². The SMILES string of the molecule is CC(=O)Nc1ncc(S(=O)(=O)NCc2nc(C)cc(N3CCCC3)n2)s1. The second-order valence-corrected chi connectivity index (χ2v) is 8.99. The van der Waals surface area contributed by atoms with E-state index in [9.17, 15) is 13.2 Å². The Labute approximate surface area is 155 Å². The number of aryl methyl sites for hydroxylation is 1.